The maximum Gasteiger partial charge on any atom is 0.294 e. The molecule has 1 aromatic rings. The van der Waals surface area contributed by atoms with E-state index in [9.17, 15) is 18.0 Å². The van der Waals surface area contributed by atoms with Crippen LogP contribution >= 0.6 is 0 Å². The summed E-state index contributed by atoms with van der Waals surface area (Å²) in [7, 11) is 0. The largest absolute Gasteiger partial charge is 0.296 e. The number of carbonyl (C=O) groups excluding carboxylic acids is 1. The summed E-state index contributed by atoms with van der Waals surface area (Å²) in [6, 6.07) is 3.18. The third-order valence-corrected chi connectivity index (χ3v) is 6.67. The highest BCUT2D eigenvalue weighted by molar-refractivity contribution is 5.93. The molecule has 2 aliphatic heterocycles. The van der Waals surface area contributed by atoms with Gasteiger partial charge in [-0.1, -0.05) is 0 Å². The minimum atomic E-state index is -2.36. The number of hydroxylamine groups is 1. The van der Waals surface area contributed by atoms with Crippen LogP contribution < -0.4 is 5.48 Å². The zero-order valence-corrected chi connectivity index (χ0v) is 15.1. The van der Waals surface area contributed by atoms with E-state index in [1.807, 2.05) is 0 Å². The molecule has 3 aliphatic rings. The van der Waals surface area contributed by atoms with Gasteiger partial charge < -0.3 is 0 Å². The van der Waals surface area contributed by atoms with Gasteiger partial charge in [0.2, 0.25) is 0 Å². The number of benzene rings is 1. The third-order valence-electron chi connectivity index (χ3n) is 6.67. The van der Waals surface area contributed by atoms with Crippen molar-refractivity contribution < 1.29 is 23.2 Å². The van der Waals surface area contributed by atoms with Crippen molar-refractivity contribution in [3.8, 4) is 0 Å². The molecule has 2 N–H and O–H groups in total. The first-order chi connectivity index (χ1) is 12.9. The second-order valence-corrected chi connectivity index (χ2v) is 8.13. The molecule has 1 aliphatic carbocycles. The molecule has 1 saturated heterocycles. The minimum Gasteiger partial charge on any atom is -0.296 e. The zero-order valence-electron chi connectivity index (χ0n) is 15.1. The molecule has 0 unspecified atom stereocenters. The van der Waals surface area contributed by atoms with Crippen LogP contribution in [0.5, 0.6) is 0 Å². The Bertz CT molecular complexity index is 727. The van der Waals surface area contributed by atoms with Gasteiger partial charge in [-0.05, 0) is 55.2 Å². The highest BCUT2D eigenvalue weighted by atomic mass is 19.3. The van der Waals surface area contributed by atoms with Crippen LogP contribution in [-0.2, 0) is 13.0 Å². The van der Waals surface area contributed by atoms with Gasteiger partial charge in [0, 0.05) is 43.3 Å². The molecule has 1 saturated carbocycles. The van der Waals surface area contributed by atoms with Gasteiger partial charge in [-0.15, -0.1) is 0 Å². The molecule has 5 nitrogen and oxygen atoms in total. The second-order valence-electron chi connectivity index (χ2n) is 8.13. The number of fused-ring (bicyclic) bond motifs is 1. The van der Waals surface area contributed by atoms with E-state index in [2.05, 4.69) is 4.90 Å². The van der Waals surface area contributed by atoms with Gasteiger partial charge >= 0.3 is 0 Å². The number of likely N-dealkylation sites (tertiary alicyclic amines) is 1. The fourth-order valence-electron chi connectivity index (χ4n) is 4.95. The van der Waals surface area contributed by atoms with Gasteiger partial charge in [-0.3, -0.25) is 14.9 Å². The van der Waals surface area contributed by atoms with Crippen molar-refractivity contribution >= 4 is 5.91 Å². The number of hydrogen-bond acceptors (Lipinski definition) is 4. The Morgan fingerprint density at radius 1 is 1.22 bits per heavy atom. The van der Waals surface area contributed by atoms with Crippen molar-refractivity contribution in [2.75, 3.05) is 19.6 Å². The Kier molecular flexibility index (Phi) is 4.90. The number of halogens is 3. The van der Waals surface area contributed by atoms with E-state index in [1.54, 1.807) is 6.07 Å². The van der Waals surface area contributed by atoms with Gasteiger partial charge in [0.25, 0.3) is 12.5 Å². The van der Waals surface area contributed by atoms with E-state index < -0.39 is 18.3 Å². The highest BCUT2D eigenvalue weighted by Gasteiger charge is 2.48. The minimum absolute atomic E-state index is 0.121. The first kappa shape index (κ1) is 18.7. The third kappa shape index (κ3) is 3.46. The average molecular weight is 383 g/mol. The number of nitrogens with one attached hydrogen (secondary N) is 1. The van der Waals surface area contributed by atoms with Crippen LogP contribution in [0.1, 0.15) is 47.2 Å². The Morgan fingerprint density at radius 2 is 1.93 bits per heavy atom. The molecule has 8 heteroatoms. The van der Waals surface area contributed by atoms with E-state index >= 15 is 0 Å². The fraction of sp³-hybridized carbons (Fsp3) is 0.632. The smallest absolute Gasteiger partial charge is 0.294 e. The van der Waals surface area contributed by atoms with Gasteiger partial charge in [0.05, 0.1) is 0 Å². The number of amides is 1. The Labute approximate surface area is 156 Å². The topological polar surface area (TPSA) is 55.8 Å². The van der Waals surface area contributed by atoms with Crippen molar-refractivity contribution in [2.45, 2.75) is 51.2 Å². The number of nitrogens with zero attached hydrogens (tertiary/aromatic N) is 2. The van der Waals surface area contributed by atoms with Crippen LogP contribution in [0.2, 0.25) is 0 Å². The summed E-state index contributed by atoms with van der Waals surface area (Å²) in [5, 5.41) is 8.73. The van der Waals surface area contributed by atoms with Crippen LogP contribution in [0.15, 0.2) is 12.1 Å². The number of carbonyl (C=O) groups is 1. The molecule has 2 heterocycles. The van der Waals surface area contributed by atoms with E-state index in [0.717, 1.165) is 43.9 Å². The number of rotatable bonds is 3. The van der Waals surface area contributed by atoms with Crippen LogP contribution in [0, 0.1) is 11.2 Å². The molecule has 1 amide bonds. The molecule has 4 rings (SSSR count). The lowest BCUT2D eigenvalue weighted by molar-refractivity contribution is -0.0977. The van der Waals surface area contributed by atoms with Crippen LogP contribution in [0.25, 0.3) is 0 Å². The highest BCUT2D eigenvalue weighted by Crippen LogP contribution is 2.51. The molecular weight excluding hydrogens is 359 g/mol. The fourth-order valence-corrected chi connectivity index (χ4v) is 4.95. The lowest BCUT2D eigenvalue weighted by Gasteiger charge is -2.55. The van der Waals surface area contributed by atoms with Gasteiger partial charge in [0.1, 0.15) is 5.82 Å². The standard InChI is InChI=1S/C19H24F3N3O2/c20-16-8-13(17(26)23-27)7-12-1-4-25(11-15(12)16)14-9-19(10-14)2-5-24(6-3-19)18(21)22/h7-8,14,18,27H,1-6,9-11H2,(H,23,26). The van der Waals surface area contributed by atoms with E-state index in [1.165, 1.54) is 10.4 Å². The summed E-state index contributed by atoms with van der Waals surface area (Å²) in [5.74, 6) is -1.13. The van der Waals surface area contributed by atoms with Gasteiger partial charge in [0.15, 0.2) is 0 Å². The first-order valence-corrected chi connectivity index (χ1v) is 9.43. The van der Waals surface area contributed by atoms with Crippen molar-refractivity contribution in [1.29, 1.82) is 0 Å². The lowest BCUT2D eigenvalue weighted by atomic mass is 9.60. The Morgan fingerprint density at radius 3 is 2.56 bits per heavy atom. The summed E-state index contributed by atoms with van der Waals surface area (Å²) in [4.78, 5) is 15.0. The van der Waals surface area contributed by atoms with Crippen molar-refractivity contribution in [2.24, 2.45) is 5.41 Å². The van der Waals surface area contributed by atoms with Crippen LogP contribution in [-0.4, -0.2) is 53.1 Å². The molecular formula is C19H24F3N3O2. The molecule has 0 atom stereocenters. The van der Waals surface area contributed by atoms with Crippen LogP contribution in [0.3, 0.4) is 0 Å². The summed E-state index contributed by atoms with van der Waals surface area (Å²) in [5.41, 5.74) is 3.26. The van der Waals surface area contributed by atoms with Crippen molar-refractivity contribution in [3.63, 3.8) is 0 Å². The molecule has 27 heavy (non-hydrogen) atoms. The maximum absolute atomic E-state index is 14.5. The quantitative estimate of drug-likeness (QED) is 0.479. The average Bonchev–Trinajstić information content (AvgIpc) is 2.65. The molecule has 1 spiro atoms. The molecule has 0 bridgehead atoms. The normalized spacial score (nSPS) is 23.3. The number of alkyl halides is 2. The summed E-state index contributed by atoms with van der Waals surface area (Å²) in [6.45, 7) is -0.153. The second kappa shape index (κ2) is 7.07. The van der Waals surface area contributed by atoms with E-state index in [4.69, 9.17) is 5.21 Å². The Balaban J connectivity index is 1.38. The summed E-state index contributed by atoms with van der Waals surface area (Å²) >= 11 is 0. The molecule has 0 aromatic heterocycles. The van der Waals surface area contributed by atoms with Crippen LogP contribution in [0.4, 0.5) is 13.2 Å². The SMILES string of the molecule is O=C(NO)c1cc(F)c2c(c1)CCN(C1CC3(CCN(C(F)F)CC3)C1)C2. The maximum atomic E-state index is 14.5. The zero-order chi connectivity index (χ0) is 19.2. The van der Waals surface area contributed by atoms with E-state index in [-0.39, 0.29) is 11.0 Å². The Hall–Kier alpha value is -1.64. The van der Waals surface area contributed by atoms with Gasteiger partial charge in [-0.25, -0.2) is 14.8 Å². The molecule has 1 aromatic carbocycles. The lowest BCUT2D eigenvalue weighted by Crippen LogP contribution is -2.56. The predicted octanol–water partition coefficient (Wildman–Crippen LogP) is 2.77. The number of hydrogen-bond donors (Lipinski definition) is 2. The van der Waals surface area contributed by atoms with Crippen molar-refractivity contribution in [1.82, 2.24) is 15.3 Å². The predicted molar refractivity (Wildman–Crippen MR) is 92.0 cm³/mol. The first-order valence-electron chi connectivity index (χ1n) is 9.43. The summed E-state index contributed by atoms with van der Waals surface area (Å²) < 4.78 is 40.1. The number of piperidine rings is 1. The molecule has 0 radical (unpaired) electrons. The van der Waals surface area contributed by atoms with Gasteiger partial charge in [-0.2, -0.15) is 8.78 Å². The summed E-state index contributed by atoms with van der Waals surface area (Å²) in [6.07, 6.45) is 4.26. The van der Waals surface area contributed by atoms with Crippen molar-refractivity contribution in [3.05, 3.63) is 34.6 Å². The van der Waals surface area contributed by atoms with E-state index in [0.29, 0.717) is 37.7 Å². The monoisotopic (exact) mass is 383 g/mol. The molecule has 148 valence electrons. The molecule has 2 fully saturated rings.